The van der Waals surface area contributed by atoms with E-state index in [1.807, 2.05) is 18.2 Å². The zero-order valence-electron chi connectivity index (χ0n) is 20.7. The summed E-state index contributed by atoms with van der Waals surface area (Å²) in [5.41, 5.74) is 1.97. The van der Waals surface area contributed by atoms with Crippen molar-refractivity contribution in [3.05, 3.63) is 101 Å². The van der Waals surface area contributed by atoms with Crippen molar-refractivity contribution in [3.8, 4) is 11.3 Å². The maximum Gasteiger partial charge on any atom is 0.269 e. The molecule has 1 aromatic heterocycles. The molecule has 196 valence electrons. The van der Waals surface area contributed by atoms with Gasteiger partial charge in [-0.1, -0.05) is 54.6 Å². The molecule has 2 aliphatic heterocycles. The lowest BCUT2D eigenvalue weighted by atomic mass is 10.0. The van der Waals surface area contributed by atoms with Gasteiger partial charge in [-0.2, -0.15) is 5.10 Å². The summed E-state index contributed by atoms with van der Waals surface area (Å²) < 4.78 is 31.4. The Morgan fingerprint density at radius 3 is 2.51 bits per heavy atom. The van der Waals surface area contributed by atoms with Gasteiger partial charge in [-0.25, -0.2) is 13.8 Å². The second-order valence-electron chi connectivity index (χ2n) is 9.16. The van der Waals surface area contributed by atoms with E-state index in [0.29, 0.717) is 28.4 Å². The van der Waals surface area contributed by atoms with Crippen LogP contribution in [0.3, 0.4) is 0 Å². The highest BCUT2D eigenvalue weighted by atomic mass is 32.2. The third kappa shape index (κ3) is 4.72. The summed E-state index contributed by atoms with van der Waals surface area (Å²) in [5, 5.41) is 10.5. The lowest BCUT2D eigenvalue weighted by Gasteiger charge is -2.14. The van der Waals surface area contributed by atoms with Crippen molar-refractivity contribution >= 4 is 35.0 Å². The van der Waals surface area contributed by atoms with Gasteiger partial charge in [-0.3, -0.25) is 14.3 Å². The standard InChI is InChI=1S/C29H23F2N5O2S/c30-20-13-5-4-11-18(20)25-22(29-36(35-25)15-6-7-16-39-29)27(37)34-26-28(38)33-24-19(12-8-14-21(24)31)23(32-26)17-9-2-1-3-10-17/h1-5,8-14,26H,6-7,15-16H2,(H,33,38)(H,34,37). The molecule has 0 bridgehead atoms. The third-order valence-electron chi connectivity index (χ3n) is 6.60. The van der Waals surface area contributed by atoms with Gasteiger partial charge in [0, 0.05) is 23.2 Å². The van der Waals surface area contributed by atoms with Crippen LogP contribution in [0, 0.1) is 11.6 Å². The summed E-state index contributed by atoms with van der Waals surface area (Å²) in [4.78, 5) is 31.8. The van der Waals surface area contributed by atoms with E-state index in [9.17, 15) is 18.4 Å². The Labute approximate surface area is 227 Å². The van der Waals surface area contributed by atoms with E-state index >= 15 is 0 Å². The zero-order chi connectivity index (χ0) is 26.9. The van der Waals surface area contributed by atoms with Gasteiger partial charge in [0.05, 0.1) is 17.0 Å². The molecule has 4 aromatic rings. The molecule has 0 aliphatic carbocycles. The van der Waals surface area contributed by atoms with Crippen LogP contribution < -0.4 is 10.6 Å². The summed E-state index contributed by atoms with van der Waals surface area (Å²) in [7, 11) is 0. The van der Waals surface area contributed by atoms with Crippen LogP contribution in [0.4, 0.5) is 14.5 Å². The molecule has 0 spiro atoms. The first-order valence-electron chi connectivity index (χ1n) is 12.5. The molecule has 0 fully saturated rings. The molecule has 3 aromatic carbocycles. The lowest BCUT2D eigenvalue weighted by Crippen LogP contribution is -2.42. The maximum absolute atomic E-state index is 14.9. The molecule has 3 heterocycles. The molecule has 2 aliphatic rings. The number of carbonyl (C=O) groups is 2. The number of hydrogen-bond donors (Lipinski definition) is 2. The van der Waals surface area contributed by atoms with Crippen LogP contribution in [-0.2, 0) is 11.3 Å². The van der Waals surface area contributed by atoms with E-state index < -0.39 is 29.6 Å². The van der Waals surface area contributed by atoms with Gasteiger partial charge in [0.15, 0.2) is 0 Å². The first-order valence-corrected chi connectivity index (χ1v) is 13.5. The average Bonchev–Trinajstić information content (AvgIpc) is 3.05. The van der Waals surface area contributed by atoms with Crippen LogP contribution in [0.15, 0.2) is 82.8 Å². The zero-order valence-corrected chi connectivity index (χ0v) is 21.5. The van der Waals surface area contributed by atoms with Gasteiger partial charge in [0.2, 0.25) is 6.17 Å². The van der Waals surface area contributed by atoms with Crippen molar-refractivity contribution in [1.29, 1.82) is 0 Å². The fourth-order valence-corrected chi connectivity index (χ4v) is 5.90. The minimum absolute atomic E-state index is 0.0103. The van der Waals surface area contributed by atoms with E-state index in [4.69, 9.17) is 0 Å². The van der Waals surface area contributed by atoms with Crippen LogP contribution in [0.1, 0.15) is 34.3 Å². The molecule has 6 rings (SSSR count). The Morgan fingerprint density at radius 2 is 1.69 bits per heavy atom. The van der Waals surface area contributed by atoms with Crippen molar-refractivity contribution in [2.45, 2.75) is 30.6 Å². The number of benzodiazepines with no additional fused rings is 1. The fourth-order valence-electron chi connectivity index (χ4n) is 4.74. The summed E-state index contributed by atoms with van der Waals surface area (Å²) in [6.45, 7) is 0.589. The summed E-state index contributed by atoms with van der Waals surface area (Å²) in [6.07, 6.45) is 0.447. The molecule has 10 heteroatoms. The average molecular weight is 544 g/mol. The summed E-state index contributed by atoms with van der Waals surface area (Å²) in [5.74, 6) is -1.66. The number of halogens is 2. The van der Waals surface area contributed by atoms with Crippen molar-refractivity contribution in [2.24, 2.45) is 4.99 Å². The number of hydrogen-bond acceptors (Lipinski definition) is 5. The first kappa shape index (κ1) is 25.0. The number of nitrogens with zero attached hydrogens (tertiary/aromatic N) is 3. The quantitative estimate of drug-likeness (QED) is 0.368. The number of amides is 2. The topological polar surface area (TPSA) is 88.4 Å². The monoisotopic (exact) mass is 543 g/mol. The Kier molecular flexibility index (Phi) is 6.70. The highest BCUT2D eigenvalue weighted by Gasteiger charge is 2.33. The van der Waals surface area contributed by atoms with Crippen LogP contribution in [-0.4, -0.2) is 39.2 Å². The molecule has 0 saturated heterocycles. The number of thioether (sulfide) groups is 1. The summed E-state index contributed by atoms with van der Waals surface area (Å²) >= 11 is 1.47. The Balaban J connectivity index is 1.44. The third-order valence-corrected chi connectivity index (χ3v) is 7.78. The number of anilines is 1. The molecule has 1 atom stereocenters. The number of para-hydroxylation sites is 1. The molecule has 0 radical (unpaired) electrons. The second-order valence-corrected chi connectivity index (χ2v) is 10.2. The van der Waals surface area contributed by atoms with Crippen LogP contribution in [0.25, 0.3) is 11.3 Å². The van der Waals surface area contributed by atoms with E-state index in [2.05, 4.69) is 20.7 Å². The van der Waals surface area contributed by atoms with Gasteiger partial charge in [-0.05, 0) is 36.8 Å². The minimum atomic E-state index is -1.38. The Bertz CT molecular complexity index is 1620. The van der Waals surface area contributed by atoms with Crippen LogP contribution in [0.2, 0.25) is 0 Å². The molecule has 7 nitrogen and oxygen atoms in total. The molecule has 0 saturated carbocycles. The predicted molar refractivity (Wildman–Crippen MR) is 146 cm³/mol. The predicted octanol–water partition coefficient (Wildman–Crippen LogP) is 5.26. The van der Waals surface area contributed by atoms with Gasteiger partial charge in [0.1, 0.15) is 22.4 Å². The van der Waals surface area contributed by atoms with Gasteiger partial charge in [0.25, 0.3) is 11.8 Å². The number of rotatable bonds is 4. The first-order chi connectivity index (χ1) is 19.0. The number of nitrogens with one attached hydrogen (secondary N) is 2. The van der Waals surface area contributed by atoms with Crippen molar-refractivity contribution in [1.82, 2.24) is 15.1 Å². The van der Waals surface area contributed by atoms with Gasteiger partial charge < -0.3 is 10.6 Å². The smallest absolute Gasteiger partial charge is 0.269 e. The Hall–Kier alpha value is -4.31. The number of carbonyl (C=O) groups excluding carboxylic acids is 2. The molecule has 39 heavy (non-hydrogen) atoms. The van der Waals surface area contributed by atoms with E-state index in [1.165, 1.54) is 30.0 Å². The molecular weight excluding hydrogens is 520 g/mol. The van der Waals surface area contributed by atoms with E-state index in [-0.39, 0.29) is 22.5 Å². The number of aryl methyl sites for hydroxylation is 1. The summed E-state index contributed by atoms with van der Waals surface area (Å²) in [6, 6.07) is 19.6. The van der Waals surface area contributed by atoms with Crippen molar-refractivity contribution < 1.29 is 18.4 Å². The largest absolute Gasteiger partial charge is 0.322 e. The second kappa shape index (κ2) is 10.5. The van der Waals surface area contributed by atoms with Gasteiger partial charge >= 0.3 is 0 Å². The number of benzene rings is 3. The van der Waals surface area contributed by atoms with Crippen LogP contribution in [0.5, 0.6) is 0 Å². The van der Waals surface area contributed by atoms with Gasteiger partial charge in [-0.15, -0.1) is 11.8 Å². The number of aromatic nitrogens is 2. The highest BCUT2D eigenvalue weighted by Crippen LogP contribution is 2.35. The van der Waals surface area contributed by atoms with E-state index in [0.717, 1.165) is 18.6 Å². The van der Waals surface area contributed by atoms with Crippen molar-refractivity contribution in [3.63, 3.8) is 0 Å². The van der Waals surface area contributed by atoms with Crippen LogP contribution >= 0.6 is 11.8 Å². The Morgan fingerprint density at radius 1 is 0.949 bits per heavy atom. The lowest BCUT2D eigenvalue weighted by molar-refractivity contribution is -0.117. The number of fused-ring (bicyclic) bond motifs is 2. The SMILES string of the molecule is O=C(NC1N=C(c2ccccc2)c2cccc(F)c2NC1=O)c1c(-c2ccccc2F)nn2c1SCCCC2. The molecular formula is C29H23F2N5O2S. The number of aliphatic imine (C=N–C) groups is 1. The minimum Gasteiger partial charge on any atom is -0.322 e. The van der Waals surface area contributed by atoms with E-state index in [1.54, 1.807) is 41.1 Å². The highest BCUT2D eigenvalue weighted by molar-refractivity contribution is 7.99. The normalized spacial score (nSPS) is 16.7. The molecule has 2 amide bonds. The fraction of sp³-hybridized carbons (Fsp3) is 0.172. The van der Waals surface area contributed by atoms with Crippen molar-refractivity contribution in [2.75, 3.05) is 11.1 Å². The molecule has 1 unspecified atom stereocenters. The molecule has 2 N–H and O–H groups in total. The maximum atomic E-state index is 14.9.